The van der Waals surface area contributed by atoms with Gasteiger partial charge in [-0.2, -0.15) is 0 Å². The van der Waals surface area contributed by atoms with Crippen LogP contribution in [0.4, 0.5) is 0 Å². The second-order valence-corrected chi connectivity index (χ2v) is 7.02. The summed E-state index contributed by atoms with van der Waals surface area (Å²) >= 11 is 0. The van der Waals surface area contributed by atoms with Crippen LogP contribution in [0.25, 0.3) is 0 Å². The summed E-state index contributed by atoms with van der Waals surface area (Å²) in [5, 5.41) is 9.06. The van der Waals surface area contributed by atoms with Gasteiger partial charge in [-0.1, -0.05) is 36.4 Å². The Hall–Kier alpha value is -1.42. The van der Waals surface area contributed by atoms with Crippen molar-refractivity contribution in [3.63, 3.8) is 0 Å². The highest BCUT2D eigenvalue weighted by atomic mass is 31.2. The third kappa shape index (κ3) is 4.99. The van der Waals surface area contributed by atoms with Crippen LogP contribution in [0.1, 0.15) is 12.5 Å². The van der Waals surface area contributed by atoms with E-state index < -0.39 is 25.3 Å². The fraction of sp³-hybridized carbons (Fsp3) is 0.308. The number of carboxylic acids is 1. The number of hydrogen-bond acceptors (Lipinski definition) is 3. The molecular formula is C13H18NO4P. The van der Waals surface area contributed by atoms with E-state index in [9.17, 15) is 14.3 Å². The molecule has 0 spiro atoms. The van der Waals surface area contributed by atoms with Crippen LogP contribution in [-0.2, 0) is 15.8 Å². The number of carboxylic acid groups (broad SMARTS) is 1. The van der Waals surface area contributed by atoms with Crippen LogP contribution < -0.4 is 5.73 Å². The Bertz CT molecular complexity index is 511. The van der Waals surface area contributed by atoms with E-state index >= 15 is 0 Å². The Balaban J connectivity index is 2.84. The molecule has 0 radical (unpaired) electrons. The van der Waals surface area contributed by atoms with E-state index in [1.807, 2.05) is 30.3 Å². The van der Waals surface area contributed by atoms with Crippen LogP contribution in [0.2, 0.25) is 0 Å². The molecule has 0 heterocycles. The normalized spacial score (nSPS) is 16.7. The van der Waals surface area contributed by atoms with Gasteiger partial charge in [0.15, 0.2) is 0 Å². The second-order valence-electron chi connectivity index (χ2n) is 4.38. The lowest BCUT2D eigenvalue weighted by Crippen LogP contribution is -2.19. The third-order valence-corrected chi connectivity index (χ3v) is 4.80. The van der Waals surface area contributed by atoms with Crippen molar-refractivity contribution in [1.82, 2.24) is 0 Å². The van der Waals surface area contributed by atoms with E-state index in [1.54, 1.807) is 0 Å². The summed E-state index contributed by atoms with van der Waals surface area (Å²) < 4.78 is 11.8. The van der Waals surface area contributed by atoms with Crippen molar-refractivity contribution in [1.29, 1.82) is 0 Å². The first-order valence-corrected chi connectivity index (χ1v) is 7.77. The molecule has 4 N–H and O–H groups in total. The molecule has 0 bridgehead atoms. The Labute approximate surface area is 112 Å². The number of nitrogens with two attached hydrogens (primary N) is 1. The van der Waals surface area contributed by atoms with Crippen LogP contribution in [-0.4, -0.2) is 27.9 Å². The Morgan fingerprint density at radius 3 is 2.47 bits per heavy atom. The molecule has 0 aromatic heterocycles. The lowest BCUT2D eigenvalue weighted by Gasteiger charge is -2.15. The van der Waals surface area contributed by atoms with Gasteiger partial charge >= 0.3 is 5.97 Å². The quantitative estimate of drug-likeness (QED) is 0.546. The van der Waals surface area contributed by atoms with Crippen LogP contribution in [0.5, 0.6) is 0 Å². The van der Waals surface area contributed by atoms with Gasteiger partial charge in [0.1, 0.15) is 0 Å². The van der Waals surface area contributed by atoms with E-state index in [1.165, 1.54) is 13.0 Å². The topological polar surface area (TPSA) is 101 Å². The number of hydrogen-bond donors (Lipinski definition) is 3. The fourth-order valence-corrected chi connectivity index (χ4v) is 2.50. The van der Waals surface area contributed by atoms with Gasteiger partial charge in [0.25, 0.3) is 0 Å². The van der Waals surface area contributed by atoms with E-state index in [0.717, 1.165) is 5.56 Å². The zero-order valence-corrected chi connectivity index (χ0v) is 11.6. The van der Waals surface area contributed by atoms with Gasteiger partial charge in [-0.05, 0) is 18.9 Å². The molecule has 0 aliphatic rings. The molecular weight excluding hydrogens is 265 g/mol. The van der Waals surface area contributed by atoms with Crippen molar-refractivity contribution in [2.45, 2.75) is 19.1 Å². The van der Waals surface area contributed by atoms with E-state index in [-0.39, 0.29) is 5.57 Å². The Kier molecular flexibility index (Phi) is 5.48. The molecule has 2 atom stereocenters. The molecule has 6 heteroatoms. The summed E-state index contributed by atoms with van der Waals surface area (Å²) in [7, 11) is -3.67. The Morgan fingerprint density at radius 2 is 2.00 bits per heavy atom. The van der Waals surface area contributed by atoms with Gasteiger partial charge in [0, 0.05) is 5.57 Å². The highest BCUT2D eigenvalue weighted by molar-refractivity contribution is 7.59. The molecule has 19 heavy (non-hydrogen) atoms. The van der Waals surface area contributed by atoms with Gasteiger partial charge in [-0.25, -0.2) is 4.79 Å². The molecule has 1 rings (SSSR count). The minimum Gasteiger partial charge on any atom is -0.478 e. The lowest BCUT2D eigenvalue weighted by molar-refractivity contribution is -0.132. The van der Waals surface area contributed by atoms with Crippen molar-refractivity contribution in [2.75, 3.05) is 6.16 Å². The fourth-order valence-electron chi connectivity index (χ4n) is 1.46. The summed E-state index contributed by atoms with van der Waals surface area (Å²) in [6.07, 6.45) is 1.46. The van der Waals surface area contributed by atoms with E-state index in [4.69, 9.17) is 10.8 Å². The first-order valence-electron chi connectivity index (χ1n) is 5.86. The zero-order valence-electron chi connectivity index (χ0n) is 10.7. The average Bonchev–Trinajstić information content (AvgIpc) is 2.35. The molecule has 1 aromatic rings. The first kappa shape index (κ1) is 15.6. The zero-order chi connectivity index (χ0) is 14.5. The summed E-state index contributed by atoms with van der Waals surface area (Å²) in [5.74, 6) is -2.13. The van der Waals surface area contributed by atoms with Crippen molar-refractivity contribution in [3.8, 4) is 0 Å². The van der Waals surface area contributed by atoms with Crippen molar-refractivity contribution in [3.05, 3.63) is 47.5 Å². The van der Waals surface area contributed by atoms with E-state index in [2.05, 4.69) is 0 Å². The van der Waals surface area contributed by atoms with Crippen LogP contribution >= 0.6 is 7.37 Å². The smallest absolute Gasteiger partial charge is 0.331 e. The average molecular weight is 283 g/mol. The third-order valence-electron chi connectivity index (χ3n) is 2.73. The maximum absolute atomic E-state index is 11.8. The maximum atomic E-state index is 11.8. The highest BCUT2D eigenvalue weighted by Gasteiger charge is 2.27. The molecule has 2 unspecified atom stereocenters. The highest BCUT2D eigenvalue weighted by Crippen LogP contribution is 2.45. The lowest BCUT2D eigenvalue weighted by atomic mass is 10.1. The maximum Gasteiger partial charge on any atom is 0.331 e. The van der Waals surface area contributed by atoms with E-state index in [0.29, 0.717) is 6.42 Å². The minimum absolute atomic E-state index is 0.0769. The number of aliphatic carboxylic acids is 1. The largest absolute Gasteiger partial charge is 0.478 e. The SMILES string of the molecule is CC(N)P(=O)(O)CC(=CCc1ccccc1)C(=O)O. The molecule has 0 fully saturated rings. The monoisotopic (exact) mass is 283 g/mol. The van der Waals surface area contributed by atoms with Crippen LogP contribution in [0, 0.1) is 0 Å². The summed E-state index contributed by atoms with van der Waals surface area (Å²) in [4.78, 5) is 20.7. The summed E-state index contributed by atoms with van der Waals surface area (Å²) in [6.45, 7) is 1.40. The first-order chi connectivity index (χ1) is 8.83. The van der Waals surface area contributed by atoms with Gasteiger partial charge in [-0.15, -0.1) is 0 Å². The van der Waals surface area contributed by atoms with Crippen molar-refractivity contribution < 1.29 is 19.4 Å². The predicted octanol–water partition coefficient (Wildman–Crippen LogP) is 1.82. The molecule has 5 nitrogen and oxygen atoms in total. The summed E-state index contributed by atoms with van der Waals surface area (Å²) in [5.41, 5.74) is 6.26. The summed E-state index contributed by atoms with van der Waals surface area (Å²) in [6, 6.07) is 9.29. The molecule has 0 saturated heterocycles. The number of benzene rings is 1. The van der Waals surface area contributed by atoms with Gasteiger partial charge < -0.3 is 15.7 Å². The standard InChI is InChI=1S/C13H18NO4P/c1-10(14)19(17,18)9-12(13(15)16)8-7-11-5-3-2-4-6-11/h2-6,8,10H,7,9,14H2,1H3,(H,15,16)(H,17,18). The second kappa shape index (κ2) is 6.66. The molecule has 1 aromatic carbocycles. The molecule has 0 aliphatic heterocycles. The van der Waals surface area contributed by atoms with Crippen molar-refractivity contribution in [2.24, 2.45) is 5.73 Å². The molecule has 0 saturated carbocycles. The molecule has 0 amide bonds. The van der Waals surface area contributed by atoms with Crippen LogP contribution in [0.15, 0.2) is 42.0 Å². The van der Waals surface area contributed by atoms with Crippen LogP contribution in [0.3, 0.4) is 0 Å². The Morgan fingerprint density at radius 1 is 1.42 bits per heavy atom. The minimum atomic E-state index is -3.67. The number of carbonyl (C=O) groups is 1. The predicted molar refractivity (Wildman–Crippen MR) is 74.2 cm³/mol. The molecule has 0 aliphatic carbocycles. The van der Waals surface area contributed by atoms with Gasteiger partial charge in [0.2, 0.25) is 7.37 Å². The number of allylic oxidation sites excluding steroid dienone is 1. The van der Waals surface area contributed by atoms with Gasteiger partial charge in [0.05, 0.1) is 11.9 Å². The van der Waals surface area contributed by atoms with Crippen molar-refractivity contribution >= 4 is 13.3 Å². The molecule has 104 valence electrons. The number of rotatable bonds is 6. The van der Waals surface area contributed by atoms with Gasteiger partial charge in [-0.3, -0.25) is 4.57 Å².